The lowest BCUT2D eigenvalue weighted by molar-refractivity contribution is 0.0707. The maximum atomic E-state index is 12.9. The largest absolute Gasteiger partial charge is 0.486 e. The van der Waals surface area contributed by atoms with Crippen molar-refractivity contribution in [3.8, 4) is 5.75 Å². The van der Waals surface area contributed by atoms with Gasteiger partial charge in [-0.05, 0) is 57.1 Å². The average Bonchev–Trinajstić information content (AvgIpc) is 3.01. The zero-order chi connectivity index (χ0) is 17.8. The highest BCUT2D eigenvalue weighted by Crippen LogP contribution is 2.23. The van der Waals surface area contributed by atoms with Crippen molar-refractivity contribution in [1.29, 1.82) is 0 Å². The first-order valence-electron chi connectivity index (χ1n) is 8.37. The number of thiazole rings is 1. The van der Waals surface area contributed by atoms with Gasteiger partial charge in [0.15, 0.2) is 0 Å². The second-order valence-corrected chi connectivity index (χ2v) is 7.25. The predicted molar refractivity (Wildman–Crippen MR) is 110 cm³/mol. The summed E-state index contributed by atoms with van der Waals surface area (Å²) in [6, 6.07) is 6.13. The smallest absolute Gasteiger partial charge is 0.265 e. The SMILES string of the molecule is Cc1nc(COc2ccc(F)cc2)sc1C(=O)N(C)C1CCNCC1.Cl.Cl. The molecule has 1 aromatic carbocycles. The van der Waals surface area contributed by atoms with Gasteiger partial charge in [0.1, 0.15) is 28.1 Å². The van der Waals surface area contributed by atoms with Crippen LogP contribution in [-0.4, -0.2) is 42.0 Å². The fourth-order valence-corrected chi connectivity index (χ4v) is 3.87. The maximum absolute atomic E-state index is 12.9. The number of halogens is 3. The van der Waals surface area contributed by atoms with E-state index in [0.29, 0.717) is 10.6 Å². The van der Waals surface area contributed by atoms with Gasteiger partial charge >= 0.3 is 0 Å². The molecule has 27 heavy (non-hydrogen) atoms. The van der Waals surface area contributed by atoms with Crippen molar-refractivity contribution in [3.05, 3.63) is 45.7 Å². The molecular weight excluding hydrogens is 412 g/mol. The summed E-state index contributed by atoms with van der Waals surface area (Å²) in [5, 5.41) is 4.05. The van der Waals surface area contributed by atoms with Gasteiger partial charge in [-0.1, -0.05) is 0 Å². The van der Waals surface area contributed by atoms with E-state index in [4.69, 9.17) is 4.74 Å². The van der Waals surface area contributed by atoms with Crippen LogP contribution in [0.4, 0.5) is 4.39 Å². The molecule has 0 aliphatic carbocycles. The van der Waals surface area contributed by atoms with Gasteiger partial charge in [0.25, 0.3) is 5.91 Å². The van der Waals surface area contributed by atoms with Gasteiger partial charge in [-0.15, -0.1) is 36.2 Å². The number of nitrogens with one attached hydrogen (secondary N) is 1. The van der Waals surface area contributed by atoms with Crippen LogP contribution in [0.1, 0.15) is 33.2 Å². The molecule has 9 heteroatoms. The van der Waals surface area contributed by atoms with Crippen LogP contribution in [0.15, 0.2) is 24.3 Å². The van der Waals surface area contributed by atoms with E-state index in [1.165, 1.54) is 23.5 Å². The highest BCUT2D eigenvalue weighted by Gasteiger charge is 2.26. The van der Waals surface area contributed by atoms with Crippen molar-refractivity contribution in [2.75, 3.05) is 20.1 Å². The van der Waals surface area contributed by atoms with Crippen LogP contribution in [0.3, 0.4) is 0 Å². The Labute approximate surface area is 175 Å². The number of piperidine rings is 1. The molecule has 0 unspecified atom stereocenters. The Hall–Kier alpha value is -1.41. The Bertz CT molecular complexity index is 737. The molecule has 0 spiro atoms. The molecule has 2 aromatic rings. The number of carbonyl (C=O) groups is 1. The van der Waals surface area contributed by atoms with Gasteiger partial charge in [-0.25, -0.2) is 9.37 Å². The molecule has 3 rings (SSSR count). The molecule has 0 radical (unpaired) electrons. The summed E-state index contributed by atoms with van der Waals surface area (Å²) < 4.78 is 18.5. The fraction of sp³-hybridized carbons (Fsp3) is 0.444. The molecular formula is C18H24Cl2FN3O2S. The van der Waals surface area contributed by atoms with Crippen molar-refractivity contribution in [1.82, 2.24) is 15.2 Å². The number of aromatic nitrogens is 1. The predicted octanol–water partition coefficient (Wildman–Crippen LogP) is 3.84. The number of benzene rings is 1. The summed E-state index contributed by atoms with van der Waals surface area (Å²) in [6.45, 7) is 4.00. The van der Waals surface area contributed by atoms with Crippen LogP contribution in [-0.2, 0) is 6.61 Å². The lowest BCUT2D eigenvalue weighted by Gasteiger charge is -2.31. The van der Waals surface area contributed by atoms with E-state index in [-0.39, 0.29) is 49.2 Å². The van der Waals surface area contributed by atoms with E-state index < -0.39 is 0 Å². The van der Waals surface area contributed by atoms with Gasteiger partial charge in [0, 0.05) is 13.1 Å². The van der Waals surface area contributed by atoms with E-state index in [9.17, 15) is 9.18 Å². The summed E-state index contributed by atoms with van der Waals surface area (Å²) >= 11 is 1.37. The zero-order valence-electron chi connectivity index (χ0n) is 15.2. The number of nitrogens with zero attached hydrogens (tertiary/aromatic N) is 2. The first-order valence-corrected chi connectivity index (χ1v) is 9.19. The van der Waals surface area contributed by atoms with Gasteiger partial charge in [-0.2, -0.15) is 0 Å². The number of hydrogen-bond donors (Lipinski definition) is 1. The van der Waals surface area contributed by atoms with E-state index in [2.05, 4.69) is 10.3 Å². The summed E-state index contributed by atoms with van der Waals surface area (Å²) in [6.07, 6.45) is 1.95. The third kappa shape index (κ3) is 6.04. The molecule has 2 heterocycles. The normalized spacial score (nSPS) is 14.0. The van der Waals surface area contributed by atoms with Crippen molar-refractivity contribution in [2.45, 2.75) is 32.4 Å². The van der Waals surface area contributed by atoms with Crippen molar-refractivity contribution < 1.29 is 13.9 Å². The topological polar surface area (TPSA) is 54.5 Å². The number of amides is 1. The molecule has 1 fully saturated rings. The maximum Gasteiger partial charge on any atom is 0.265 e. The lowest BCUT2D eigenvalue weighted by atomic mass is 10.1. The van der Waals surface area contributed by atoms with E-state index >= 15 is 0 Å². The summed E-state index contributed by atoms with van der Waals surface area (Å²) in [7, 11) is 1.87. The highest BCUT2D eigenvalue weighted by molar-refractivity contribution is 7.13. The van der Waals surface area contributed by atoms with Crippen LogP contribution in [0.25, 0.3) is 0 Å². The van der Waals surface area contributed by atoms with Crippen molar-refractivity contribution in [2.24, 2.45) is 0 Å². The Morgan fingerprint density at radius 1 is 1.30 bits per heavy atom. The minimum absolute atomic E-state index is 0. The van der Waals surface area contributed by atoms with Crippen LogP contribution in [0, 0.1) is 12.7 Å². The standard InChI is InChI=1S/C18H22FN3O2S.2ClH/c1-12-17(18(23)22(2)14-7-9-20-10-8-14)25-16(21-12)11-24-15-5-3-13(19)4-6-15;;/h3-6,14,20H,7-11H2,1-2H3;2*1H. The van der Waals surface area contributed by atoms with Gasteiger partial charge in [-0.3, -0.25) is 4.79 Å². The monoisotopic (exact) mass is 435 g/mol. The first kappa shape index (κ1) is 23.6. The van der Waals surface area contributed by atoms with E-state index in [1.807, 2.05) is 18.9 Å². The van der Waals surface area contributed by atoms with Gasteiger partial charge < -0.3 is 15.0 Å². The molecule has 1 aromatic heterocycles. The van der Waals surface area contributed by atoms with Crippen LogP contribution < -0.4 is 10.1 Å². The summed E-state index contributed by atoms with van der Waals surface area (Å²) in [5.74, 6) is 0.301. The number of rotatable bonds is 5. The molecule has 0 bridgehead atoms. The van der Waals surface area contributed by atoms with Crippen LogP contribution in [0.2, 0.25) is 0 Å². The molecule has 0 saturated carbocycles. The highest BCUT2D eigenvalue weighted by atomic mass is 35.5. The molecule has 1 aliphatic heterocycles. The minimum atomic E-state index is -0.300. The molecule has 1 amide bonds. The Kier molecular flexibility index (Phi) is 9.45. The number of carbonyl (C=O) groups excluding carboxylic acids is 1. The minimum Gasteiger partial charge on any atom is -0.486 e. The van der Waals surface area contributed by atoms with Gasteiger partial charge in [0.2, 0.25) is 0 Å². The number of ether oxygens (including phenoxy) is 1. The molecule has 1 saturated heterocycles. The Morgan fingerprint density at radius 3 is 2.56 bits per heavy atom. The number of aryl methyl sites for hydroxylation is 1. The quantitative estimate of drug-likeness (QED) is 0.774. The summed E-state index contributed by atoms with van der Waals surface area (Å²) in [5.41, 5.74) is 0.730. The van der Waals surface area contributed by atoms with Crippen molar-refractivity contribution in [3.63, 3.8) is 0 Å². The molecule has 5 nitrogen and oxygen atoms in total. The Morgan fingerprint density at radius 2 is 1.93 bits per heavy atom. The average molecular weight is 436 g/mol. The van der Waals surface area contributed by atoms with Crippen molar-refractivity contribution >= 4 is 42.1 Å². The number of hydrogen-bond acceptors (Lipinski definition) is 5. The first-order chi connectivity index (χ1) is 12.0. The lowest BCUT2D eigenvalue weighted by Crippen LogP contribution is -2.43. The summed E-state index contributed by atoms with van der Waals surface area (Å²) in [4.78, 5) is 19.7. The zero-order valence-corrected chi connectivity index (χ0v) is 17.7. The van der Waals surface area contributed by atoms with E-state index in [0.717, 1.165) is 36.6 Å². The Balaban J connectivity index is 0.00000182. The third-order valence-electron chi connectivity index (χ3n) is 4.39. The molecule has 150 valence electrons. The fourth-order valence-electron chi connectivity index (χ4n) is 2.91. The molecule has 1 aliphatic rings. The molecule has 1 N–H and O–H groups in total. The van der Waals surface area contributed by atoms with Crippen LogP contribution >= 0.6 is 36.2 Å². The second-order valence-electron chi connectivity index (χ2n) is 6.16. The van der Waals surface area contributed by atoms with Crippen LogP contribution in [0.5, 0.6) is 5.75 Å². The third-order valence-corrected chi connectivity index (χ3v) is 5.51. The second kappa shape index (κ2) is 10.8. The van der Waals surface area contributed by atoms with E-state index in [1.54, 1.807) is 12.1 Å². The van der Waals surface area contributed by atoms with Gasteiger partial charge in [0.05, 0.1) is 5.69 Å². The molecule has 0 atom stereocenters.